The van der Waals surface area contributed by atoms with Crippen LogP contribution >= 0.6 is 12.2 Å². The van der Waals surface area contributed by atoms with Gasteiger partial charge in [-0.15, -0.1) is 0 Å². The Kier molecular flexibility index (Phi) is 2.70. The second kappa shape index (κ2) is 4.24. The lowest BCUT2D eigenvalue weighted by molar-refractivity contribution is 0.327. The summed E-state index contributed by atoms with van der Waals surface area (Å²) in [5.74, 6) is 0. The number of likely N-dealkylation sites (N-methyl/N-ethyl adjacent to an activating group) is 1. The molecule has 1 unspecified atom stereocenters. The van der Waals surface area contributed by atoms with Gasteiger partial charge in [-0.05, 0) is 12.5 Å². The number of hydrogen-bond donors (Lipinski definition) is 0. The fraction of sp³-hybridized carbons (Fsp3) is 0.385. The quantitative estimate of drug-likeness (QED) is 0.760. The average molecular weight is 258 g/mol. The zero-order chi connectivity index (χ0) is 12.7. The molecule has 2 heterocycles. The van der Waals surface area contributed by atoms with E-state index >= 15 is 0 Å². The Hall–Kier alpha value is -1.62. The Bertz CT molecular complexity index is 576. The van der Waals surface area contributed by atoms with E-state index in [9.17, 15) is 0 Å². The fourth-order valence-corrected chi connectivity index (χ4v) is 2.66. The van der Waals surface area contributed by atoms with Crippen LogP contribution < -0.4 is 0 Å². The van der Waals surface area contributed by atoms with Gasteiger partial charge in [0.2, 0.25) is 0 Å². The first-order valence-electron chi connectivity index (χ1n) is 6.09. The molecule has 18 heavy (non-hydrogen) atoms. The maximum absolute atomic E-state index is 5.40. The topological polar surface area (TPSA) is 41.4 Å². The molecule has 92 valence electrons. The number of rotatable bonds is 2. The molecule has 4 nitrogen and oxygen atoms in total. The summed E-state index contributed by atoms with van der Waals surface area (Å²) < 4.78 is 0. The van der Waals surface area contributed by atoms with E-state index in [1.54, 1.807) is 12.5 Å². The molecule has 0 radical (unpaired) electrons. The maximum atomic E-state index is 5.40. The molecule has 0 spiro atoms. The number of allylic oxidation sites excluding steroid dienone is 2. The Balaban J connectivity index is 2.12. The van der Waals surface area contributed by atoms with Gasteiger partial charge in [-0.1, -0.05) is 25.6 Å². The minimum Gasteiger partial charge on any atom is -0.351 e. The van der Waals surface area contributed by atoms with Gasteiger partial charge in [0.25, 0.3) is 0 Å². The second-order valence-corrected chi connectivity index (χ2v) is 4.98. The molecule has 1 aromatic rings. The van der Waals surface area contributed by atoms with Crippen LogP contribution in [0.5, 0.6) is 0 Å². The molecule has 1 aliphatic heterocycles. The Morgan fingerprint density at radius 3 is 3.06 bits per heavy atom. The number of fused-ring (bicyclic) bond motifs is 3. The van der Waals surface area contributed by atoms with Crippen molar-refractivity contribution in [2.45, 2.75) is 25.9 Å². The molecule has 0 saturated heterocycles. The number of thiocarbonyl (C=S) groups is 1. The smallest absolute Gasteiger partial charge is 0.121 e. The lowest BCUT2D eigenvalue weighted by Crippen LogP contribution is -2.28. The summed E-state index contributed by atoms with van der Waals surface area (Å²) in [5, 5.41) is 0. The summed E-state index contributed by atoms with van der Waals surface area (Å²) >= 11 is 5.40. The molecule has 2 aliphatic rings. The van der Waals surface area contributed by atoms with Crippen molar-refractivity contribution in [2.75, 3.05) is 7.05 Å². The highest BCUT2D eigenvalue weighted by Gasteiger charge is 2.33. The lowest BCUT2D eigenvalue weighted by Gasteiger charge is -2.23. The molecule has 0 bridgehead atoms. The fourth-order valence-electron chi connectivity index (χ4n) is 2.40. The van der Waals surface area contributed by atoms with Gasteiger partial charge < -0.3 is 4.90 Å². The number of hydrogen-bond acceptors (Lipinski definition) is 5. The Morgan fingerprint density at radius 1 is 1.44 bits per heavy atom. The highest BCUT2D eigenvalue weighted by atomic mass is 32.1. The first kappa shape index (κ1) is 11.5. The van der Waals surface area contributed by atoms with Crippen molar-refractivity contribution in [1.29, 1.82) is 0 Å². The molecular weight excluding hydrogens is 244 g/mol. The highest BCUT2D eigenvalue weighted by Crippen LogP contribution is 2.30. The van der Waals surface area contributed by atoms with E-state index in [1.165, 1.54) is 0 Å². The van der Waals surface area contributed by atoms with E-state index in [2.05, 4.69) is 28.8 Å². The minimum atomic E-state index is 0.208. The predicted octanol–water partition coefficient (Wildman–Crippen LogP) is 1.95. The summed E-state index contributed by atoms with van der Waals surface area (Å²) in [6, 6.07) is 0. The number of aliphatic imine (C=N–C) groups is 1. The largest absolute Gasteiger partial charge is 0.351 e. The average Bonchev–Trinajstić information content (AvgIpc) is 2.69. The van der Waals surface area contributed by atoms with Crippen LogP contribution in [-0.4, -0.2) is 38.7 Å². The molecule has 1 aromatic heterocycles. The summed E-state index contributed by atoms with van der Waals surface area (Å²) in [7, 11) is 2.07. The Labute approximate surface area is 111 Å². The van der Waals surface area contributed by atoms with E-state index < -0.39 is 0 Å². The van der Waals surface area contributed by atoms with Crippen molar-refractivity contribution in [1.82, 2.24) is 14.9 Å². The van der Waals surface area contributed by atoms with Gasteiger partial charge in [-0.3, -0.25) is 4.99 Å². The summed E-state index contributed by atoms with van der Waals surface area (Å²) in [6.07, 6.45) is 7.70. The van der Waals surface area contributed by atoms with Gasteiger partial charge in [-0.2, -0.15) is 0 Å². The first-order chi connectivity index (χ1) is 8.72. The third-order valence-corrected chi connectivity index (χ3v) is 3.70. The van der Waals surface area contributed by atoms with Crippen LogP contribution in [-0.2, 0) is 0 Å². The summed E-state index contributed by atoms with van der Waals surface area (Å²) in [4.78, 5) is 16.2. The maximum Gasteiger partial charge on any atom is 0.121 e. The van der Waals surface area contributed by atoms with Gasteiger partial charge in [0.05, 0.1) is 10.6 Å². The second-order valence-electron chi connectivity index (χ2n) is 4.54. The summed E-state index contributed by atoms with van der Waals surface area (Å²) in [6.45, 7) is 2.17. The van der Waals surface area contributed by atoms with Gasteiger partial charge in [0.1, 0.15) is 23.9 Å². The standard InChI is InChI=1S/C13H14N4S/c1-3-4-11-16-13-9(17(11)2)5-10(18)8-6-14-7-15-12(8)13/h5-7,11H,3-4H2,1-2H3. The van der Waals surface area contributed by atoms with E-state index in [0.29, 0.717) is 0 Å². The van der Waals surface area contributed by atoms with Gasteiger partial charge in [-0.25, -0.2) is 9.97 Å². The van der Waals surface area contributed by atoms with Gasteiger partial charge in [0.15, 0.2) is 0 Å². The van der Waals surface area contributed by atoms with Gasteiger partial charge >= 0.3 is 0 Å². The van der Waals surface area contributed by atoms with Crippen molar-refractivity contribution in [3.05, 3.63) is 35.6 Å². The molecule has 0 amide bonds. The van der Waals surface area contributed by atoms with Crippen molar-refractivity contribution < 1.29 is 0 Å². The molecule has 0 fully saturated rings. The van der Waals surface area contributed by atoms with E-state index in [1.807, 2.05) is 6.08 Å². The number of nitrogens with zero attached hydrogens (tertiary/aromatic N) is 4. The molecule has 1 aliphatic carbocycles. The SMILES string of the molecule is CCCC1N=C2C(=CC(=S)c3cncnc32)N1C. The molecule has 0 saturated carbocycles. The first-order valence-corrected chi connectivity index (χ1v) is 6.50. The summed E-state index contributed by atoms with van der Waals surface area (Å²) in [5.41, 5.74) is 3.84. The van der Waals surface area contributed by atoms with E-state index in [0.717, 1.165) is 40.4 Å². The van der Waals surface area contributed by atoms with Crippen molar-refractivity contribution in [3.8, 4) is 0 Å². The molecule has 0 N–H and O–H groups in total. The Morgan fingerprint density at radius 2 is 2.28 bits per heavy atom. The van der Waals surface area contributed by atoms with Crippen LogP contribution in [0.3, 0.4) is 0 Å². The highest BCUT2D eigenvalue weighted by molar-refractivity contribution is 7.81. The van der Waals surface area contributed by atoms with Crippen molar-refractivity contribution in [2.24, 2.45) is 4.99 Å². The van der Waals surface area contributed by atoms with Crippen molar-refractivity contribution in [3.63, 3.8) is 0 Å². The van der Waals surface area contributed by atoms with Crippen LogP contribution in [0.25, 0.3) is 0 Å². The van der Waals surface area contributed by atoms with Gasteiger partial charge in [0, 0.05) is 18.8 Å². The normalized spacial score (nSPS) is 21.3. The molecule has 5 heteroatoms. The molecule has 0 aromatic carbocycles. The zero-order valence-electron chi connectivity index (χ0n) is 10.4. The van der Waals surface area contributed by atoms with Crippen LogP contribution in [0, 0.1) is 0 Å². The van der Waals surface area contributed by atoms with E-state index in [-0.39, 0.29) is 6.17 Å². The zero-order valence-corrected chi connectivity index (χ0v) is 11.2. The van der Waals surface area contributed by atoms with Crippen LogP contribution in [0.1, 0.15) is 31.0 Å². The van der Waals surface area contributed by atoms with Crippen molar-refractivity contribution >= 4 is 22.8 Å². The molecule has 3 rings (SSSR count). The number of aromatic nitrogens is 2. The lowest BCUT2D eigenvalue weighted by atomic mass is 9.99. The molecular formula is C13H14N4S. The van der Waals surface area contributed by atoms with Crippen LogP contribution in [0.2, 0.25) is 0 Å². The molecule has 1 atom stereocenters. The van der Waals surface area contributed by atoms with Crippen LogP contribution in [0.4, 0.5) is 0 Å². The predicted molar refractivity (Wildman–Crippen MR) is 74.8 cm³/mol. The third kappa shape index (κ3) is 1.58. The van der Waals surface area contributed by atoms with E-state index in [4.69, 9.17) is 17.2 Å². The third-order valence-electron chi connectivity index (χ3n) is 3.36. The minimum absolute atomic E-state index is 0.208. The monoisotopic (exact) mass is 258 g/mol. The van der Waals surface area contributed by atoms with Crippen LogP contribution in [0.15, 0.2) is 29.3 Å².